The topological polar surface area (TPSA) is 60.3 Å². The second-order valence-corrected chi connectivity index (χ2v) is 8.44. The summed E-state index contributed by atoms with van der Waals surface area (Å²) in [6.45, 7) is 1.85. The summed E-state index contributed by atoms with van der Waals surface area (Å²) in [5.74, 6) is -1.09. The fourth-order valence-electron chi connectivity index (χ4n) is 4.97. The van der Waals surface area contributed by atoms with Gasteiger partial charge in [-0.25, -0.2) is 9.71 Å². The Morgan fingerprint density at radius 1 is 1.20 bits per heavy atom. The van der Waals surface area contributed by atoms with E-state index in [1.165, 1.54) is 18.2 Å². The summed E-state index contributed by atoms with van der Waals surface area (Å²) >= 11 is 6.17. The average molecular weight is 422 g/mol. The molecule has 2 aromatic carbocycles. The van der Waals surface area contributed by atoms with Gasteiger partial charge < -0.3 is 5.32 Å². The molecule has 0 aromatic heterocycles. The van der Waals surface area contributed by atoms with Crippen LogP contribution >= 0.6 is 11.6 Å². The van der Waals surface area contributed by atoms with Gasteiger partial charge >= 0.3 is 0 Å². The summed E-state index contributed by atoms with van der Waals surface area (Å²) in [4.78, 5) is 26.4. The third-order valence-corrected chi connectivity index (χ3v) is 6.54. The molecule has 2 atom stereocenters. The average Bonchev–Trinajstić information content (AvgIpc) is 3.33. The molecular weight excluding hydrogens is 403 g/mol. The monoisotopic (exact) mass is 421 g/mol. The van der Waals surface area contributed by atoms with Gasteiger partial charge in [0.2, 0.25) is 5.91 Å². The predicted octanol–water partition coefficient (Wildman–Crippen LogP) is 4.71. The maximum Gasteiger partial charge on any atom is 0.263 e. The van der Waals surface area contributed by atoms with Gasteiger partial charge in [0.1, 0.15) is 11.2 Å². The van der Waals surface area contributed by atoms with Crippen molar-refractivity contribution in [2.45, 2.75) is 37.6 Å². The molecule has 0 saturated carbocycles. The number of nitrogens with one attached hydrogen (secondary N) is 1. The molecule has 30 heavy (non-hydrogen) atoms. The first-order valence-corrected chi connectivity index (χ1v) is 10.3. The van der Waals surface area contributed by atoms with E-state index in [0.29, 0.717) is 27.4 Å². The third kappa shape index (κ3) is 2.65. The first-order chi connectivity index (χ1) is 14.4. The molecular formula is C24H19ClFN2O2. The molecule has 6 heteroatoms. The molecule has 151 valence electrons. The van der Waals surface area contributed by atoms with Crippen LogP contribution in [0.1, 0.15) is 42.0 Å². The van der Waals surface area contributed by atoms with Crippen molar-refractivity contribution < 1.29 is 14.0 Å². The zero-order valence-electron chi connectivity index (χ0n) is 16.3. The maximum absolute atomic E-state index is 14.3. The number of amides is 2. The Bertz CT molecular complexity index is 1170. The quantitative estimate of drug-likeness (QED) is 0.763. The van der Waals surface area contributed by atoms with Crippen molar-refractivity contribution >= 4 is 29.1 Å². The van der Waals surface area contributed by atoms with E-state index >= 15 is 0 Å². The van der Waals surface area contributed by atoms with E-state index in [0.717, 1.165) is 30.4 Å². The van der Waals surface area contributed by atoms with Gasteiger partial charge in [-0.15, -0.1) is 0 Å². The molecule has 2 aromatic rings. The second kappa shape index (κ2) is 6.81. The van der Waals surface area contributed by atoms with Crippen molar-refractivity contribution in [2.75, 3.05) is 0 Å². The molecule has 3 aliphatic rings. The van der Waals surface area contributed by atoms with Crippen molar-refractivity contribution in [3.63, 3.8) is 0 Å². The van der Waals surface area contributed by atoms with Crippen LogP contribution in [-0.2, 0) is 15.0 Å². The molecule has 1 spiro atoms. The molecule has 0 bridgehead atoms. The van der Waals surface area contributed by atoms with Crippen LogP contribution in [0, 0.1) is 12.7 Å². The minimum Gasteiger partial charge on any atom is -0.344 e. The van der Waals surface area contributed by atoms with E-state index in [2.05, 4.69) is 16.7 Å². The highest BCUT2D eigenvalue weighted by Crippen LogP contribution is 2.55. The molecule has 2 aliphatic heterocycles. The number of carbonyl (C=O) groups excluding carboxylic acids is 2. The Labute approximate surface area is 178 Å². The lowest BCUT2D eigenvalue weighted by Crippen LogP contribution is -2.53. The molecule has 0 saturated heterocycles. The second-order valence-electron chi connectivity index (χ2n) is 8.01. The minimum atomic E-state index is -1.25. The lowest BCUT2D eigenvalue weighted by atomic mass is 9.63. The molecule has 5 rings (SSSR count). The SMILES string of the molecule is Cc1ccc(F)cc1[C@H]1NC(=O)C=C(C2=CCCC2)C12C(=O)[N]c1cc(Cl)ccc12. The number of carbonyl (C=O) groups is 2. The highest BCUT2D eigenvalue weighted by Gasteiger charge is 2.59. The molecule has 4 nitrogen and oxygen atoms in total. The molecule has 1 radical (unpaired) electrons. The standard InChI is InChI=1S/C24H19ClFN2O2/c1-13-6-8-16(26)11-17(13)22-24(18-9-7-15(25)10-20(18)27-23(24)30)19(12-21(29)28-22)14-4-2-3-5-14/h4,6-12,22H,2-3,5H2,1H3,(H,28,29)/t22-,24?/m1/s1. The number of fused-ring (bicyclic) bond motifs is 2. The summed E-state index contributed by atoms with van der Waals surface area (Å²) in [6.07, 6.45) is 6.24. The van der Waals surface area contributed by atoms with Crippen molar-refractivity contribution in [3.8, 4) is 0 Å². The molecule has 1 N–H and O–H groups in total. The first-order valence-electron chi connectivity index (χ1n) is 9.95. The molecule has 1 aliphatic carbocycles. The minimum absolute atomic E-state index is 0.299. The Balaban J connectivity index is 1.84. The van der Waals surface area contributed by atoms with Crippen molar-refractivity contribution in [1.29, 1.82) is 0 Å². The van der Waals surface area contributed by atoms with Gasteiger partial charge in [-0.1, -0.05) is 29.8 Å². The van der Waals surface area contributed by atoms with Crippen LogP contribution in [-0.4, -0.2) is 11.8 Å². The molecule has 2 heterocycles. The van der Waals surface area contributed by atoms with Gasteiger partial charge in [0.15, 0.2) is 0 Å². The number of allylic oxidation sites excluding steroid dienone is 2. The fraction of sp³-hybridized carbons (Fsp3) is 0.250. The van der Waals surface area contributed by atoms with Crippen LogP contribution < -0.4 is 10.6 Å². The summed E-state index contributed by atoms with van der Waals surface area (Å²) in [5, 5.41) is 7.76. The van der Waals surface area contributed by atoms with Crippen LogP contribution in [0.25, 0.3) is 0 Å². The smallest absolute Gasteiger partial charge is 0.263 e. The number of hydrogen-bond acceptors (Lipinski definition) is 2. The van der Waals surface area contributed by atoms with E-state index in [1.807, 2.05) is 6.92 Å². The van der Waals surface area contributed by atoms with Gasteiger partial charge in [0.25, 0.3) is 5.91 Å². The normalized spacial score (nSPS) is 25.0. The Morgan fingerprint density at radius 3 is 2.80 bits per heavy atom. The third-order valence-electron chi connectivity index (χ3n) is 6.30. The number of rotatable bonds is 2. The number of halogens is 2. The van der Waals surface area contributed by atoms with Gasteiger partial charge in [0.05, 0.1) is 11.7 Å². The lowest BCUT2D eigenvalue weighted by Gasteiger charge is -2.42. The summed E-state index contributed by atoms with van der Waals surface area (Å²) < 4.78 is 14.3. The van der Waals surface area contributed by atoms with Crippen molar-refractivity contribution in [2.24, 2.45) is 0 Å². The number of benzene rings is 2. The lowest BCUT2D eigenvalue weighted by molar-refractivity contribution is -0.126. The fourth-order valence-corrected chi connectivity index (χ4v) is 5.14. The number of hydrogen-bond donors (Lipinski definition) is 1. The van der Waals surface area contributed by atoms with Crippen LogP contribution in [0.4, 0.5) is 10.1 Å². The molecule has 2 amide bonds. The Hall–Kier alpha value is -2.92. The van der Waals surface area contributed by atoms with E-state index in [-0.39, 0.29) is 11.8 Å². The molecule has 1 unspecified atom stereocenters. The van der Waals surface area contributed by atoms with E-state index in [1.54, 1.807) is 24.3 Å². The zero-order chi connectivity index (χ0) is 21.0. The zero-order valence-corrected chi connectivity index (χ0v) is 17.1. The van der Waals surface area contributed by atoms with Crippen LogP contribution in [0.2, 0.25) is 5.02 Å². The highest BCUT2D eigenvalue weighted by molar-refractivity contribution is 6.31. The largest absolute Gasteiger partial charge is 0.344 e. The Morgan fingerprint density at radius 2 is 2.03 bits per heavy atom. The summed E-state index contributed by atoms with van der Waals surface area (Å²) in [6, 6.07) is 8.85. The number of aryl methyl sites for hydroxylation is 1. The van der Waals surface area contributed by atoms with Crippen molar-refractivity contribution in [3.05, 3.63) is 87.2 Å². The van der Waals surface area contributed by atoms with Crippen LogP contribution in [0.3, 0.4) is 0 Å². The van der Waals surface area contributed by atoms with Gasteiger partial charge in [-0.05, 0) is 72.7 Å². The molecule has 0 fully saturated rings. The predicted molar refractivity (Wildman–Crippen MR) is 112 cm³/mol. The van der Waals surface area contributed by atoms with E-state index < -0.39 is 17.3 Å². The van der Waals surface area contributed by atoms with Crippen LogP contribution in [0.5, 0.6) is 0 Å². The van der Waals surface area contributed by atoms with Crippen LogP contribution in [0.15, 0.2) is 59.7 Å². The summed E-state index contributed by atoms with van der Waals surface area (Å²) in [5.41, 5.74) is 2.93. The van der Waals surface area contributed by atoms with Crippen molar-refractivity contribution in [1.82, 2.24) is 10.6 Å². The number of nitrogens with zero attached hydrogens (tertiary/aromatic N) is 1. The first kappa shape index (κ1) is 19.1. The highest BCUT2D eigenvalue weighted by atomic mass is 35.5. The van der Waals surface area contributed by atoms with Gasteiger partial charge in [-0.3, -0.25) is 9.59 Å². The van der Waals surface area contributed by atoms with Gasteiger partial charge in [0, 0.05) is 16.7 Å². The van der Waals surface area contributed by atoms with E-state index in [9.17, 15) is 14.0 Å². The Kier molecular flexibility index (Phi) is 4.33. The van der Waals surface area contributed by atoms with E-state index in [4.69, 9.17) is 11.6 Å². The van der Waals surface area contributed by atoms with Gasteiger partial charge in [-0.2, -0.15) is 0 Å². The maximum atomic E-state index is 14.3. The summed E-state index contributed by atoms with van der Waals surface area (Å²) in [7, 11) is 0.